The van der Waals surface area contributed by atoms with Crippen molar-refractivity contribution in [2.45, 2.75) is 25.3 Å². The molecular formula is C14H17N3O4. The van der Waals surface area contributed by atoms with Gasteiger partial charge in [0, 0.05) is 17.8 Å². The van der Waals surface area contributed by atoms with Crippen LogP contribution in [0.1, 0.15) is 30.1 Å². The number of primary amides is 1. The maximum Gasteiger partial charge on any atom is 0.329 e. The zero-order chi connectivity index (χ0) is 15.6. The number of benzene rings is 1. The van der Waals surface area contributed by atoms with E-state index in [2.05, 4.69) is 5.32 Å². The van der Waals surface area contributed by atoms with Crippen LogP contribution in [0.5, 0.6) is 0 Å². The molecule has 1 heterocycles. The summed E-state index contributed by atoms with van der Waals surface area (Å²) in [6, 6.07) is 5.54. The third-order valence-electron chi connectivity index (χ3n) is 3.72. The summed E-state index contributed by atoms with van der Waals surface area (Å²) in [6.45, 7) is 1.95. The lowest BCUT2D eigenvalue weighted by Crippen LogP contribution is -2.50. The molecule has 112 valence electrons. The van der Waals surface area contributed by atoms with Gasteiger partial charge in [0.1, 0.15) is 5.54 Å². The number of amides is 3. The first-order valence-corrected chi connectivity index (χ1v) is 6.56. The van der Waals surface area contributed by atoms with Crippen molar-refractivity contribution in [2.24, 2.45) is 5.73 Å². The number of carbonyl (C=O) groups is 3. The van der Waals surface area contributed by atoms with Crippen molar-refractivity contribution in [2.75, 3.05) is 11.9 Å². The van der Waals surface area contributed by atoms with Crippen LogP contribution in [0.4, 0.5) is 10.5 Å². The van der Waals surface area contributed by atoms with E-state index in [0.29, 0.717) is 30.6 Å². The van der Waals surface area contributed by atoms with E-state index in [1.807, 2.05) is 0 Å². The summed E-state index contributed by atoms with van der Waals surface area (Å²) < 4.78 is 0. The predicted octanol–water partition coefficient (Wildman–Crippen LogP) is 1.26. The van der Waals surface area contributed by atoms with Crippen LogP contribution in [0.3, 0.4) is 0 Å². The van der Waals surface area contributed by atoms with E-state index in [9.17, 15) is 19.5 Å². The number of likely N-dealkylation sites (tertiary alicyclic amines) is 1. The van der Waals surface area contributed by atoms with Gasteiger partial charge in [-0.3, -0.25) is 4.79 Å². The Bertz CT molecular complexity index is 602. The number of hydrogen-bond acceptors (Lipinski definition) is 3. The highest BCUT2D eigenvalue weighted by Crippen LogP contribution is 2.31. The number of nitrogens with two attached hydrogens (primary N) is 1. The Morgan fingerprint density at radius 2 is 2.10 bits per heavy atom. The Hall–Kier alpha value is -2.57. The van der Waals surface area contributed by atoms with Crippen LogP contribution >= 0.6 is 0 Å². The summed E-state index contributed by atoms with van der Waals surface area (Å²) in [7, 11) is 0. The Morgan fingerprint density at radius 3 is 2.71 bits per heavy atom. The van der Waals surface area contributed by atoms with Crippen LogP contribution in [0.2, 0.25) is 0 Å². The number of rotatable bonds is 3. The van der Waals surface area contributed by atoms with Crippen molar-refractivity contribution in [1.29, 1.82) is 0 Å². The SMILES string of the molecule is CC1(C(=O)O)CCCN1C(=O)c1cccc(NC(N)=O)c1. The molecule has 0 spiro atoms. The first-order valence-electron chi connectivity index (χ1n) is 6.56. The number of anilines is 1. The van der Waals surface area contributed by atoms with Crippen LogP contribution in [0.15, 0.2) is 24.3 Å². The zero-order valence-electron chi connectivity index (χ0n) is 11.6. The van der Waals surface area contributed by atoms with E-state index in [1.165, 1.54) is 11.0 Å². The number of nitrogens with zero attached hydrogens (tertiary/aromatic N) is 1. The maximum absolute atomic E-state index is 12.5. The molecule has 1 aliphatic rings. The van der Waals surface area contributed by atoms with Crippen LogP contribution in [0.25, 0.3) is 0 Å². The van der Waals surface area contributed by atoms with Gasteiger partial charge in [0.05, 0.1) is 0 Å². The van der Waals surface area contributed by atoms with Gasteiger partial charge in [-0.25, -0.2) is 9.59 Å². The molecule has 0 radical (unpaired) electrons. The molecule has 21 heavy (non-hydrogen) atoms. The highest BCUT2D eigenvalue weighted by molar-refractivity contribution is 5.99. The highest BCUT2D eigenvalue weighted by Gasteiger charge is 2.46. The molecule has 1 aliphatic heterocycles. The molecular weight excluding hydrogens is 274 g/mol. The minimum absolute atomic E-state index is 0.315. The molecule has 0 aliphatic carbocycles. The molecule has 1 fully saturated rings. The van der Waals surface area contributed by atoms with Crippen LogP contribution in [0, 0.1) is 0 Å². The molecule has 3 amide bonds. The van der Waals surface area contributed by atoms with Crippen LogP contribution < -0.4 is 11.1 Å². The van der Waals surface area contributed by atoms with E-state index in [4.69, 9.17) is 5.73 Å². The fraction of sp³-hybridized carbons (Fsp3) is 0.357. The van der Waals surface area contributed by atoms with Gasteiger partial charge in [-0.05, 0) is 38.0 Å². The number of aliphatic carboxylic acids is 1. The van der Waals surface area contributed by atoms with Gasteiger partial charge in [0.2, 0.25) is 0 Å². The standard InChI is InChI=1S/C14H17N3O4/c1-14(12(19)20)6-3-7-17(14)11(18)9-4-2-5-10(8-9)16-13(15)21/h2,4-5,8H,3,6-7H2,1H3,(H,19,20)(H3,15,16,21). The molecule has 1 aromatic rings. The number of hydrogen-bond donors (Lipinski definition) is 3. The molecule has 1 unspecified atom stereocenters. The Morgan fingerprint density at radius 1 is 1.38 bits per heavy atom. The monoisotopic (exact) mass is 291 g/mol. The van der Waals surface area contributed by atoms with Gasteiger partial charge in [0.15, 0.2) is 0 Å². The summed E-state index contributed by atoms with van der Waals surface area (Å²) in [4.78, 5) is 36.1. The van der Waals surface area contributed by atoms with Gasteiger partial charge in [-0.15, -0.1) is 0 Å². The van der Waals surface area contributed by atoms with Crippen LogP contribution in [-0.4, -0.2) is 40.0 Å². The number of nitrogens with one attached hydrogen (secondary N) is 1. The molecule has 7 heteroatoms. The Labute approximate surface area is 121 Å². The number of carbonyl (C=O) groups excluding carboxylic acids is 2. The van der Waals surface area contributed by atoms with Gasteiger partial charge in [0.25, 0.3) is 5.91 Å². The van der Waals surface area contributed by atoms with Crippen molar-refractivity contribution >= 4 is 23.6 Å². The van der Waals surface area contributed by atoms with E-state index < -0.39 is 17.5 Å². The van der Waals surface area contributed by atoms with E-state index in [0.717, 1.165) is 0 Å². The quantitative estimate of drug-likeness (QED) is 0.778. The summed E-state index contributed by atoms with van der Waals surface area (Å²) in [5, 5.41) is 11.7. The molecule has 7 nitrogen and oxygen atoms in total. The normalized spacial score (nSPS) is 21.1. The summed E-state index contributed by atoms with van der Waals surface area (Å²) in [6.07, 6.45) is 1.07. The summed E-state index contributed by atoms with van der Waals surface area (Å²) in [5.74, 6) is -1.38. The van der Waals surface area contributed by atoms with E-state index in [1.54, 1.807) is 25.1 Å². The molecule has 1 saturated heterocycles. The minimum atomic E-state index is -1.19. The fourth-order valence-electron chi connectivity index (χ4n) is 2.54. The lowest BCUT2D eigenvalue weighted by atomic mass is 9.98. The molecule has 2 rings (SSSR count). The lowest BCUT2D eigenvalue weighted by Gasteiger charge is -2.31. The maximum atomic E-state index is 12.5. The first-order chi connectivity index (χ1) is 9.84. The third kappa shape index (κ3) is 2.81. The second-order valence-electron chi connectivity index (χ2n) is 5.21. The van der Waals surface area contributed by atoms with Crippen molar-refractivity contribution < 1.29 is 19.5 Å². The molecule has 0 bridgehead atoms. The fourth-order valence-corrected chi connectivity index (χ4v) is 2.54. The first kappa shape index (κ1) is 14.8. The molecule has 0 saturated carbocycles. The minimum Gasteiger partial charge on any atom is -0.480 e. The number of carboxylic acid groups (broad SMARTS) is 1. The second-order valence-corrected chi connectivity index (χ2v) is 5.21. The number of carboxylic acids is 1. The molecule has 0 aromatic heterocycles. The van der Waals surface area contributed by atoms with Crippen molar-refractivity contribution in [3.63, 3.8) is 0 Å². The van der Waals surface area contributed by atoms with Gasteiger partial charge >= 0.3 is 12.0 Å². The Balaban J connectivity index is 2.28. The molecule has 1 atom stereocenters. The zero-order valence-corrected chi connectivity index (χ0v) is 11.6. The second kappa shape index (κ2) is 5.43. The van der Waals surface area contributed by atoms with Gasteiger partial charge in [-0.1, -0.05) is 6.07 Å². The molecule has 4 N–H and O–H groups in total. The highest BCUT2D eigenvalue weighted by atomic mass is 16.4. The lowest BCUT2D eigenvalue weighted by molar-refractivity contribution is -0.147. The van der Waals surface area contributed by atoms with Gasteiger partial charge in [-0.2, -0.15) is 0 Å². The third-order valence-corrected chi connectivity index (χ3v) is 3.72. The Kier molecular flexibility index (Phi) is 3.84. The topological polar surface area (TPSA) is 113 Å². The van der Waals surface area contributed by atoms with Crippen molar-refractivity contribution in [3.8, 4) is 0 Å². The average Bonchev–Trinajstić information content (AvgIpc) is 2.81. The van der Waals surface area contributed by atoms with E-state index in [-0.39, 0.29) is 5.91 Å². The summed E-state index contributed by atoms with van der Waals surface area (Å²) >= 11 is 0. The van der Waals surface area contributed by atoms with E-state index >= 15 is 0 Å². The van der Waals surface area contributed by atoms with Crippen LogP contribution in [-0.2, 0) is 4.79 Å². The average molecular weight is 291 g/mol. The summed E-state index contributed by atoms with van der Waals surface area (Å²) in [5.41, 5.74) is 4.55. The smallest absolute Gasteiger partial charge is 0.329 e. The molecule has 1 aromatic carbocycles. The largest absolute Gasteiger partial charge is 0.480 e. The van der Waals surface area contributed by atoms with Crippen molar-refractivity contribution in [3.05, 3.63) is 29.8 Å². The van der Waals surface area contributed by atoms with Gasteiger partial charge < -0.3 is 21.1 Å². The predicted molar refractivity (Wildman–Crippen MR) is 76.0 cm³/mol. The van der Waals surface area contributed by atoms with Crippen molar-refractivity contribution in [1.82, 2.24) is 4.90 Å². The number of urea groups is 1.